The summed E-state index contributed by atoms with van der Waals surface area (Å²) in [6.45, 7) is 0.663. The molecule has 1 N–H and O–H groups in total. The summed E-state index contributed by atoms with van der Waals surface area (Å²) in [6, 6.07) is 10.8. The van der Waals surface area contributed by atoms with Crippen molar-refractivity contribution in [2.45, 2.75) is 13.0 Å². The summed E-state index contributed by atoms with van der Waals surface area (Å²) < 4.78 is 16.8. The van der Waals surface area contributed by atoms with Crippen molar-refractivity contribution in [3.63, 3.8) is 0 Å². The normalized spacial score (nSPS) is 10.2. The Labute approximate surface area is 160 Å². The van der Waals surface area contributed by atoms with Crippen molar-refractivity contribution in [1.29, 1.82) is 0 Å². The molecule has 1 amide bonds. The molecule has 0 radical (unpaired) electrons. The summed E-state index contributed by atoms with van der Waals surface area (Å²) in [6.07, 6.45) is 0.251. The largest absolute Gasteiger partial charge is 0.493 e. The molecule has 7 heteroatoms. The maximum absolute atomic E-state index is 12.0. The zero-order valence-electron chi connectivity index (χ0n) is 14.0. The number of benzene rings is 2. The van der Waals surface area contributed by atoms with Gasteiger partial charge >= 0.3 is 0 Å². The third kappa shape index (κ3) is 5.83. The Morgan fingerprint density at radius 1 is 1.20 bits per heavy atom. The number of nitrogens with one attached hydrogen (secondary N) is 1. The maximum Gasteiger partial charge on any atom is 0.223 e. The summed E-state index contributed by atoms with van der Waals surface area (Å²) in [5, 5.41) is 3.45. The Hall–Kier alpha value is -1.92. The van der Waals surface area contributed by atoms with Gasteiger partial charge in [0.05, 0.1) is 31.7 Å². The third-order valence-corrected chi connectivity index (χ3v) is 4.20. The highest BCUT2D eigenvalue weighted by molar-refractivity contribution is 9.10. The number of carbonyl (C=O) groups excluding carboxylic acids is 1. The van der Waals surface area contributed by atoms with Crippen LogP contribution in [0.3, 0.4) is 0 Å². The van der Waals surface area contributed by atoms with Crippen LogP contribution in [0.1, 0.15) is 12.0 Å². The van der Waals surface area contributed by atoms with Crippen molar-refractivity contribution >= 4 is 33.4 Å². The van der Waals surface area contributed by atoms with Gasteiger partial charge < -0.3 is 19.5 Å². The van der Waals surface area contributed by atoms with E-state index >= 15 is 0 Å². The van der Waals surface area contributed by atoms with Crippen LogP contribution in [-0.2, 0) is 11.3 Å². The van der Waals surface area contributed by atoms with E-state index in [0.29, 0.717) is 28.8 Å². The zero-order valence-corrected chi connectivity index (χ0v) is 16.3. The molecule has 5 nitrogen and oxygen atoms in total. The number of hydrogen-bond donors (Lipinski definition) is 1. The minimum atomic E-state index is -0.104. The van der Waals surface area contributed by atoms with E-state index in [1.807, 2.05) is 12.1 Å². The summed E-state index contributed by atoms with van der Waals surface area (Å²) in [5.74, 6) is 1.76. The lowest BCUT2D eigenvalue weighted by Crippen LogP contribution is -2.24. The summed E-state index contributed by atoms with van der Waals surface area (Å²) in [7, 11) is 3.14. The number of halogens is 2. The molecule has 2 aromatic rings. The monoisotopic (exact) mass is 427 g/mol. The molecule has 0 aliphatic rings. The first-order chi connectivity index (χ1) is 12.0. The second-order valence-electron chi connectivity index (χ2n) is 5.15. The van der Waals surface area contributed by atoms with Crippen LogP contribution < -0.4 is 19.5 Å². The Kier molecular flexibility index (Phi) is 7.40. The van der Waals surface area contributed by atoms with Crippen LogP contribution in [0.25, 0.3) is 0 Å². The lowest BCUT2D eigenvalue weighted by molar-refractivity contribution is -0.121. The molecule has 134 valence electrons. The molecule has 0 bridgehead atoms. The van der Waals surface area contributed by atoms with Gasteiger partial charge in [-0.15, -0.1) is 0 Å². The fourth-order valence-electron chi connectivity index (χ4n) is 2.18. The Bertz CT molecular complexity index is 739. The van der Waals surface area contributed by atoms with E-state index in [4.69, 9.17) is 25.8 Å². The lowest BCUT2D eigenvalue weighted by atomic mass is 10.2. The molecule has 0 saturated heterocycles. The SMILES string of the molecule is COc1cc(CNC(=O)CCOc2cccc(Cl)c2)cc(Br)c1OC. The molecule has 0 unspecified atom stereocenters. The van der Waals surface area contributed by atoms with Gasteiger partial charge in [0.2, 0.25) is 5.91 Å². The highest BCUT2D eigenvalue weighted by Gasteiger charge is 2.11. The summed E-state index contributed by atoms with van der Waals surface area (Å²) in [4.78, 5) is 12.0. The topological polar surface area (TPSA) is 56.8 Å². The van der Waals surface area contributed by atoms with Crippen LogP contribution in [0.5, 0.6) is 17.2 Å². The van der Waals surface area contributed by atoms with E-state index in [1.54, 1.807) is 38.5 Å². The van der Waals surface area contributed by atoms with E-state index in [9.17, 15) is 4.79 Å². The first kappa shape index (κ1) is 19.4. The van der Waals surface area contributed by atoms with Gasteiger partial charge in [0.1, 0.15) is 5.75 Å². The fourth-order valence-corrected chi connectivity index (χ4v) is 3.01. The lowest BCUT2D eigenvalue weighted by Gasteiger charge is -2.12. The van der Waals surface area contributed by atoms with E-state index in [2.05, 4.69) is 21.2 Å². The van der Waals surface area contributed by atoms with Crippen molar-refractivity contribution in [3.05, 3.63) is 51.5 Å². The molecule has 0 fully saturated rings. The van der Waals surface area contributed by atoms with Gasteiger partial charge in [-0.1, -0.05) is 17.7 Å². The molecular formula is C18H19BrClNO4. The number of hydrogen-bond acceptors (Lipinski definition) is 4. The maximum atomic E-state index is 12.0. The first-order valence-electron chi connectivity index (χ1n) is 7.59. The molecule has 25 heavy (non-hydrogen) atoms. The average molecular weight is 429 g/mol. The third-order valence-electron chi connectivity index (χ3n) is 3.38. The van der Waals surface area contributed by atoms with E-state index < -0.39 is 0 Å². The Balaban J connectivity index is 1.82. The molecule has 0 heterocycles. The van der Waals surface area contributed by atoms with Gasteiger partial charge in [0.25, 0.3) is 0 Å². The molecule has 0 aromatic heterocycles. The van der Waals surface area contributed by atoms with Gasteiger partial charge in [0.15, 0.2) is 11.5 Å². The number of carbonyl (C=O) groups is 1. The number of amides is 1. The second kappa shape index (κ2) is 9.53. The van der Waals surface area contributed by atoms with Crippen molar-refractivity contribution in [3.8, 4) is 17.2 Å². The van der Waals surface area contributed by atoms with Crippen LogP contribution in [-0.4, -0.2) is 26.7 Å². The van der Waals surface area contributed by atoms with Crippen LogP contribution >= 0.6 is 27.5 Å². The van der Waals surface area contributed by atoms with E-state index in [0.717, 1.165) is 10.0 Å². The molecule has 0 aliphatic carbocycles. The average Bonchev–Trinajstić information content (AvgIpc) is 2.59. The van der Waals surface area contributed by atoms with Crippen LogP contribution in [0.4, 0.5) is 0 Å². The van der Waals surface area contributed by atoms with Gasteiger partial charge in [0, 0.05) is 11.6 Å². The van der Waals surface area contributed by atoms with Crippen molar-refractivity contribution in [2.24, 2.45) is 0 Å². The fraction of sp³-hybridized carbons (Fsp3) is 0.278. The van der Waals surface area contributed by atoms with Crippen LogP contribution in [0, 0.1) is 0 Å². The van der Waals surface area contributed by atoms with Gasteiger partial charge in [-0.05, 0) is 51.8 Å². The van der Waals surface area contributed by atoms with Crippen molar-refractivity contribution in [1.82, 2.24) is 5.32 Å². The minimum absolute atomic E-state index is 0.104. The highest BCUT2D eigenvalue weighted by Crippen LogP contribution is 2.36. The van der Waals surface area contributed by atoms with Crippen molar-refractivity contribution in [2.75, 3.05) is 20.8 Å². The van der Waals surface area contributed by atoms with E-state index in [1.165, 1.54) is 0 Å². The molecule has 2 aromatic carbocycles. The first-order valence-corrected chi connectivity index (χ1v) is 8.76. The van der Waals surface area contributed by atoms with Crippen LogP contribution in [0.15, 0.2) is 40.9 Å². The Morgan fingerprint density at radius 3 is 2.68 bits per heavy atom. The van der Waals surface area contributed by atoms with Crippen LogP contribution in [0.2, 0.25) is 5.02 Å². The summed E-state index contributed by atoms with van der Waals surface area (Å²) in [5.41, 5.74) is 0.897. The second-order valence-corrected chi connectivity index (χ2v) is 6.44. The smallest absolute Gasteiger partial charge is 0.223 e. The van der Waals surface area contributed by atoms with E-state index in [-0.39, 0.29) is 18.9 Å². The molecule has 0 aliphatic heterocycles. The molecule has 0 saturated carbocycles. The molecule has 0 atom stereocenters. The van der Waals surface area contributed by atoms with Gasteiger partial charge in [-0.25, -0.2) is 0 Å². The molecule has 2 rings (SSSR count). The minimum Gasteiger partial charge on any atom is -0.493 e. The standard InChI is InChI=1S/C18H19BrClNO4/c1-23-16-9-12(8-15(19)18(16)24-2)11-21-17(22)6-7-25-14-5-3-4-13(20)10-14/h3-5,8-10H,6-7,11H2,1-2H3,(H,21,22). The van der Waals surface area contributed by atoms with Gasteiger partial charge in [-0.2, -0.15) is 0 Å². The zero-order chi connectivity index (χ0) is 18.2. The summed E-state index contributed by atoms with van der Waals surface area (Å²) >= 11 is 9.31. The molecular weight excluding hydrogens is 410 g/mol. The number of ether oxygens (including phenoxy) is 3. The predicted octanol–water partition coefficient (Wildman–Crippen LogP) is 4.21. The molecule has 0 spiro atoms. The quantitative estimate of drug-likeness (QED) is 0.684. The number of rotatable bonds is 8. The van der Waals surface area contributed by atoms with Gasteiger partial charge in [-0.3, -0.25) is 4.79 Å². The predicted molar refractivity (Wildman–Crippen MR) is 101 cm³/mol. The highest BCUT2D eigenvalue weighted by atomic mass is 79.9. The van der Waals surface area contributed by atoms with Crippen molar-refractivity contribution < 1.29 is 19.0 Å². The number of methoxy groups -OCH3 is 2. The Morgan fingerprint density at radius 2 is 2.00 bits per heavy atom.